The third-order valence-corrected chi connectivity index (χ3v) is 4.93. The van der Waals surface area contributed by atoms with Crippen molar-refractivity contribution in [2.24, 2.45) is 0 Å². The van der Waals surface area contributed by atoms with Crippen molar-refractivity contribution in [2.45, 2.75) is 32.4 Å². The number of nitrogens with zero attached hydrogens (tertiary/aromatic N) is 2. The normalized spacial score (nSPS) is 20.5. The lowest BCUT2D eigenvalue weighted by molar-refractivity contribution is -0.0366. The highest BCUT2D eigenvalue weighted by Gasteiger charge is 2.20. The highest BCUT2D eigenvalue weighted by atomic mass is 79.9. The first-order valence-corrected chi connectivity index (χ1v) is 7.29. The fourth-order valence-corrected chi connectivity index (χ4v) is 3.17. The van der Waals surface area contributed by atoms with Crippen LogP contribution >= 0.6 is 27.5 Å². The summed E-state index contributed by atoms with van der Waals surface area (Å²) in [5.41, 5.74) is 2.13. The van der Waals surface area contributed by atoms with Gasteiger partial charge in [0.15, 0.2) is 6.23 Å². The number of aromatic nitrogens is 2. The van der Waals surface area contributed by atoms with Crippen LogP contribution in [-0.4, -0.2) is 16.4 Å². The minimum absolute atomic E-state index is 0.0590. The van der Waals surface area contributed by atoms with Crippen LogP contribution in [0, 0.1) is 6.92 Å². The van der Waals surface area contributed by atoms with Crippen LogP contribution in [0.2, 0.25) is 5.02 Å². The largest absolute Gasteiger partial charge is 0.356 e. The van der Waals surface area contributed by atoms with Crippen molar-refractivity contribution in [1.29, 1.82) is 0 Å². The van der Waals surface area contributed by atoms with Gasteiger partial charge in [-0.2, -0.15) is 5.10 Å². The predicted molar refractivity (Wildman–Crippen MR) is 76.0 cm³/mol. The molecule has 0 spiro atoms. The minimum Gasteiger partial charge on any atom is -0.356 e. The maximum absolute atomic E-state index is 6.24. The zero-order valence-electron chi connectivity index (χ0n) is 10.1. The molecule has 2 aromatic rings. The summed E-state index contributed by atoms with van der Waals surface area (Å²) in [4.78, 5) is 0. The van der Waals surface area contributed by atoms with E-state index in [0.29, 0.717) is 0 Å². The van der Waals surface area contributed by atoms with E-state index in [4.69, 9.17) is 16.3 Å². The highest BCUT2D eigenvalue weighted by molar-refractivity contribution is 9.10. The summed E-state index contributed by atoms with van der Waals surface area (Å²) in [6.07, 6.45) is 5.27. The molecule has 96 valence electrons. The SMILES string of the molecule is Cc1cc2c(cnn2C2CCCCO2)c(Br)c1Cl. The van der Waals surface area contributed by atoms with E-state index in [1.165, 1.54) is 6.42 Å². The summed E-state index contributed by atoms with van der Waals surface area (Å²) in [5.74, 6) is 0. The fourth-order valence-electron chi connectivity index (χ4n) is 2.39. The molecule has 0 saturated carbocycles. The smallest absolute Gasteiger partial charge is 0.150 e. The van der Waals surface area contributed by atoms with Gasteiger partial charge >= 0.3 is 0 Å². The van der Waals surface area contributed by atoms with Crippen LogP contribution in [0.5, 0.6) is 0 Å². The van der Waals surface area contributed by atoms with Gasteiger partial charge in [0, 0.05) is 16.5 Å². The summed E-state index contributed by atoms with van der Waals surface area (Å²) in [6.45, 7) is 2.82. The van der Waals surface area contributed by atoms with E-state index >= 15 is 0 Å². The molecule has 3 rings (SSSR count). The first kappa shape index (κ1) is 12.5. The number of hydrogen-bond donors (Lipinski definition) is 0. The van der Waals surface area contributed by atoms with E-state index in [-0.39, 0.29) is 6.23 Å². The maximum Gasteiger partial charge on any atom is 0.150 e. The predicted octanol–water partition coefficient (Wildman–Crippen LogP) is 4.46. The van der Waals surface area contributed by atoms with Crippen molar-refractivity contribution in [3.63, 3.8) is 0 Å². The van der Waals surface area contributed by atoms with Gasteiger partial charge in [0.25, 0.3) is 0 Å². The molecule has 1 aromatic heterocycles. The quantitative estimate of drug-likeness (QED) is 0.772. The molecule has 1 fully saturated rings. The van der Waals surface area contributed by atoms with E-state index in [9.17, 15) is 0 Å². The van der Waals surface area contributed by atoms with E-state index in [1.807, 2.05) is 17.8 Å². The number of fused-ring (bicyclic) bond motifs is 1. The molecular weight excluding hydrogens is 316 g/mol. The standard InChI is InChI=1S/C13H14BrClN2O/c1-8-6-10-9(12(14)13(8)15)7-16-17(10)11-4-2-3-5-18-11/h6-7,11H,2-5H2,1H3. The number of ether oxygens (including phenoxy) is 1. The van der Waals surface area contributed by atoms with Crippen molar-refractivity contribution in [2.75, 3.05) is 6.61 Å². The van der Waals surface area contributed by atoms with Crippen LogP contribution in [0.15, 0.2) is 16.7 Å². The van der Waals surface area contributed by atoms with Gasteiger partial charge in [0.1, 0.15) is 0 Å². The van der Waals surface area contributed by atoms with E-state index in [1.54, 1.807) is 0 Å². The lowest BCUT2D eigenvalue weighted by Crippen LogP contribution is -2.18. The Morgan fingerprint density at radius 1 is 1.50 bits per heavy atom. The van der Waals surface area contributed by atoms with Gasteiger partial charge in [0.05, 0.1) is 16.7 Å². The van der Waals surface area contributed by atoms with Gasteiger partial charge in [0.2, 0.25) is 0 Å². The molecule has 0 aliphatic carbocycles. The number of halogens is 2. The molecule has 1 aromatic carbocycles. The van der Waals surface area contributed by atoms with Gasteiger partial charge in [-0.1, -0.05) is 11.6 Å². The average Bonchev–Trinajstić information content (AvgIpc) is 2.81. The Bertz CT molecular complexity index is 590. The third-order valence-electron chi connectivity index (χ3n) is 3.39. The molecule has 0 radical (unpaired) electrons. The Morgan fingerprint density at radius 3 is 3.06 bits per heavy atom. The zero-order valence-corrected chi connectivity index (χ0v) is 12.5. The number of rotatable bonds is 1. The highest BCUT2D eigenvalue weighted by Crippen LogP contribution is 2.36. The third kappa shape index (κ3) is 1.96. The molecule has 1 saturated heterocycles. The van der Waals surface area contributed by atoms with Crippen LogP contribution in [0.25, 0.3) is 10.9 Å². The molecule has 3 nitrogen and oxygen atoms in total. The van der Waals surface area contributed by atoms with Gasteiger partial charge in [-0.3, -0.25) is 0 Å². The second-order valence-electron chi connectivity index (χ2n) is 4.66. The number of aryl methyl sites for hydroxylation is 1. The molecule has 1 aliphatic rings. The van der Waals surface area contributed by atoms with E-state index < -0.39 is 0 Å². The van der Waals surface area contributed by atoms with Gasteiger partial charge in [-0.25, -0.2) is 4.68 Å². The first-order chi connectivity index (χ1) is 8.68. The zero-order chi connectivity index (χ0) is 12.7. The van der Waals surface area contributed by atoms with Crippen molar-refractivity contribution in [1.82, 2.24) is 9.78 Å². The van der Waals surface area contributed by atoms with Crippen LogP contribution in [0.3, 0.4) is 0 Å². The Kier molecular flexibility index (Phi) is 3.34. The van der Waals surface area contributed by atoms with Crippen molar-refractivity contribution < 1.29 is 4.74 Å². The molecule has 1 unspecified atom stereocenters. The molecule has 0 amide bonds. The Labute approximate surface area is 119 Å². The summed E-state index contributed by atoms with van der Waals surface area (Å²) in [5, 5.41) is 6.26. The van der Waals surface area contributed by atoms with E-state index in [2.05, 4.69) is 27.1 Å². The second-order valence-corrected chi connectivity index (χ2v) is 5.84. The molecule has 1 atom stereocenters. The van der Waals surface area contributed by atoms with Crippen LogP contribution in [0.4, 0.5) is 0 Å². The van der Waals surface area contributed by atoms with E-state index in [0.717, 1.165) is 45.4 Å². The number of benzene rings is 1. The molecular formula is C13H14BrClN2O. The van der Waals surface area contributed by atoms with Crippen molar-refractivity contribution >= 4 is 38.4 Å². The molecule has 0 N–H and O–H groups in total. The van der Waals surface area contributed by atoms with Crippen LogP contribution in [0.1, 0.15) is 31.1 Å². The van der Waals surface area contributed by atoms with Crippen LogP contribution < -0.4 is 0 Å². The second kappa shape index (κ2) is 4.83. The van der Waals surface area contributed by atoms with Gasteiger partial charge in [-0.05, 0) is 53.7 Å². The van der Waals surface area contributed by atoms with Crippen molar-refractivity contribution in [3.8, 4) is 0 Å². The molecule has 2 heterocycles. The Morgan fingerprint density at radius 2 is 2.33 bits per heavy atom. The molecule has 1 aliphatic heterocycles. The summed E-state index contributed by atoms with van der Waals surface area (Å²) in [6, 6.07) is 2.08. The Hall–Kier alpha value is -0.580. The Balaban J connectivity index is 2.13. The lowest BCUT2D eigenvalue weighted by atomic mass is 10.1. The minimum atomic E-state index is 0.0590. The summed E-state index contributed by atoms with van der Waals surface area (Å²) >= 11 is 9.78. The summed E-state index contributed by atoms with van der Waals surface area (Å²) in [7, 11) is 0. The fraction of sp³-hybridized carbons (Fsp3) is 0.462. The monoisotopic (exact) mass is 328 g/mol. The topological polar surface area (TPSA) is 27.1 Å². The molecule has 5 heteroatoms. The van der Waals surface area contributed by atoms with Gasteiger partial charge < -0.3 is 4.74 Å². The first-order valence-electron chi connectivity index (χ1n) is 6.12. The number of hydrogen-bond acceptors (Lipinski definition) is 2. The van der Waals surface area contributed by atoms with Gasteiger partial charge in [-0.15, -0.1) is 0 Å². The average molecular weight is 330 g/mol. The summed E-state index contributed by atoms with van der Waals surface area (Å²) < 4.78 is 8.69. The lowest BCUT2D eigenvalue weighted by Gasteiger charge is -2.23. The molecule has 18 heavy (non-hydrogen) atoms. The molecule has 0 bridgehead atoms. The van der Waals surface area contributed by atoms with Crippen molar-refractivity contribution in [3.05, 3.63) is 27.3 Å². The maximum atomic E-state index is 6.24. The van der Waals surface area contributed by atoms with Crippen LogP contribution in [-0.2, 0) is 4.74 Å².